The van der Waals surface area contributed by atoms with Crippen LogP contribution < -0.4 is 11.1 Å². The molecule has 1 heterocycles. The molecule has 17 heavy (non-hydrogen) atoms. The molecule has 0 aliphatic carbocycles. The molecule has 1 aliphatic rings. The lowest BCUT2D eigenvalue weighted by Gasteiger charge is -2.27. The van der Waals surface area contributed by atoms with Gasteiger partial charge in [-0.2, -0.15) is 9.69 Å². The van der Waals surface area contributed by atoms with Crippen LogP contribution in [0.15, 0.2) is 34.9 Å². The summed E-state index contributed by atoms with van der Waals surface area (Å²) in [5, 5.41) is 5.48. The Labute approximate surface area is 101 Å². The van der Waals surface area contributed by atoms with Crippen molar-refractivity contribution in [2.45, 2.75) is 13.8 Å². The molecule has 0 atom stereocenters. The quantitative estimate of drug-likeness (QED) is 0.405. The zero-order chi connectivity index (χ0) is 13.0. The molecule has 4 N–H and O–H groups in total. The summed E-state index contributed by atoms with van der Waals surface area (Å²) in [5.74, 6) is 0.404. The van der Waals surface area contributed by atoms with E-state index in [4.69, 9.17) is 24.3 Å². The smallest absolute Gasteiger partial charge is 0.337 e. The predicted octanol–water partition coefficient (Wildman–Crippen LogP) is 0.276. The lowest BCUT2D eigenvalue weighted by Crippen LogP contribution is -2.51. The van der Waals surface area contributed by atoms with Crippen molar-refractivity contribution in [2.75, 3.05) is 6.54 Å². The van der Waals surface area contributed by atoms with E-state index in [0.717, 1.165) is 11.4 Å². The van der Waals surface area contributed by atoms with Crippen molar-refractivity contribution in [1.82, 2.24) is 4.90 Å². The van der Waals surface area contributed by atoms with E-state index in [1.807, 2.05) is 18.7 Å². The third-order valence-corrected chi connectivity index (χ3v) is 2.39. The molecule has 5 nitrogen and oxygen atoms in total. The van der Waals surface area contributed by atoms with E-state index in [1.54, 1.807) is 12.2 Å². The molecule has 5 heteroatoms. The molecule has 0 bridgehead atoms. The maximum atomic E-state index is 6.93. The van der Waals surface area contributed by atoms with Crippen LogP contribution in [0, 0.1) is 13.1 Å². The Hall–Kier alpha value is -2.53. The number of nitrogens with zero attached hydrogens (tertiary/aromatic N) is 3. The third-order valence-electron chi connectivity index (χ3n) is 2.39. The van der Waals surface area contributed by atoms with Crippen LogP contribution in [-0.2, 0) is 0 Å². The minimum Gasteiger partial charge on any atom is -0.337 e. The van der Waals surface area contributed by atoms with Crippen molar-refractivity contribution in [3.05, 3.63) is 57.8 Å². The standard InChI is InChI=1S/C12H13N5/c1-8-5-10(12(15-3)16-4)6-9(2)17(8)7-11(13)14/h5-6H,7H2,1-2H3,(H3,13,14)/p+1. The van der Waals surface area contributed by atoms with E-state index >= 15 is 0 Å². The summed E-state index contributed by atoms with van der Waals surface area (Å²) in [7, 11) is 0. The largest absolute Gasteiger partial charge is 0.526 e. The first-order chi connectivity index (χ1) is 7.99. The summed E-state index contributed by atoms with van der Waals surface area (Å²) >= 11 is 0. The van der Waals surface area contributed by atoms with Crippen molar-refractivity contribution in [1.29, 1.82) is 0 Å². The summed E-state index contributed by atoms with van der Waals surface area (Å²) in [6.07, 6.45) is 3.59. The predicted molar refractivity (Wildman–Crippen MR) is 65.6 cm³/mol. The molecule has 0 unspecified atom stereocenters. The molecule has 1 aliphatic heterocycles. The Kier molecular flexibility index (Phi) is 3.69. The first-order valence-electron chi connectivity index (χ1n) is 4.99. The second kappa shape index (κ2) is 5.00. The summed E-state index contributed by atoms with van der Waals surface area (Å²) in [4.78, 5) is 8.33. The summed E-state index contributed by atoms with van der Waals surface area (Å²) in [6, 6.07) is 0. The number of allylic oxidation sites excluding steroid dienone is 5. The molecular weight excluding hydrogens is 214 g/mol. The Bertz CT molecular complexity index is 484. The van der Waals surface area contributed by atoms with Crippen LogP contribution >= 0.6 is 0 Å². The molecule has 0 saturated heterocycles. The topological polar surface area (TPSA) is 63.6 Å². The number of nitrogens with two attached hydrogens (primary N) is 2. The van der Waals surface area contributed by atoms with Gasteiger partial charge in [0.15, 0.2) is 0 Å². The lowest BCUT2D eigenvalue weighted by atomic mass is 10.1. The van der Waals surface area contributed by atoms with Crippen LogP contribution in [0.3, 0.4) is 0 Å². The molecule has 0 aromatic heterocycles. The molecule has 0 aromatic rings. The van der Waals surface area contributed by atoms with Gasteiger partial charge in [0.1, 0.15) is 19.7 Å². The fraction of sp³-hybridized carbons (Fsp3) is 0.250. The molecule has 0 saturated carbocycles. The van der Waals surface area contributed by atoms with E-state index in [1.165, 1.54) is 0 Å². The van der Waals surface area contributed by atoms with Gasteiger partial charge in [-0.1, -0.05) is 0 Å². The monoisotopic (exact) mass is 228 g/mol. The van der Waals surface area contributed by atoms with Crippen LogP contribution in [0.2, 0.25) is 0 Å². The Morgan fingerprint density at radius 1 is 1.29 bits per heavy atom. The van der Waals surface area contributed by atoms with Gasteiger partial charge in [-0.05, 0) is 26.0 Å². The number of hydrogen-bond donors (Lipinski definition) is 2. The van der Waals surface area contributed by atoms with E-state index < -0.39 is 0 Å². The number of amidine groups is 1. The number of hydrogen-bond acceptors (Lipinski definition) is 1. The van der Waals surface area contributed by atoms with E-state index in [0.29, 0.717) is 18.0 Å². The van der Waals surface area contributed by atoms with Gasteiger partial charge >= 0.3 is 5.82 Å². The Morgan fingerprint density at radius 3 is 2.12 bits per heavy atom. The Morgan fingerprint density at radius 2 is 1.76 bits per heavy atom. The zero-order valence-corrected chi connectivity index (χ0v) is 9.86. The average Bonchev–Trinajstić information content (AvgIpc) is 2.25. The van der Waals surface area contributed by atoms with Crippen LogP contribution in [-0.4, -0.2) is 17.3 Å². The minimum atomic E-state index is 0.0769. The van der Waals surface area contributed by atoms with Gasteiger partial charge in [-0.15, -0.1) is 0 Å². The van der Waals surface area contributed by atoms with Crippen molar-refractivity contribution in [3.63, 3.8) is 0 Å². The van der Waals surface area contributed by atoms with Gasteiger partial charge < -0.3 is 4.90 Å². The molecule has 1 rings (SSSR count). The molecule has 86 valence electrons. The molecule has 0 fully saturated rings. The first kappa shape index (κ1) is 12.5. The van der Waals surface area contributed by atoms with Gasteiger partial charge in [0.05, 0.1) is 5.57 Å². The molecule has 0 radical (unpaired) electrons. The highest BCUT2D eigenvalue weighted by Crippen LogP contribution is 2.24. The van der Waals surface area contributed by atoms with Crippen molar-refractivity contribution >= 4 is 5.84 Å². The molecule has 0 spiro atoms. The van der Waals surface area contributed by atoms with Gasteiger partial charge in [0, 0.05) is 11.4 Å². The average molecular weight is 228 g/mol. The van der Waals surface area contributed by atoms with Gasteiger partial charge in [-0.25, -0.2) is 0 Å². The minimum absolute atomic E-state index is 0.0769. The highest BCUT2D eigenvalue weighted by Gasteiger charge is 2.20. The highest BCUT2D eigenvalue weighted by molar-refractivity contribution is 5.76. The fourth-order valence-electron chi connectivity index (χ4n) is 1.64. The normalized spacial score (nSPS) is 14.4. The number of rotatable bonds is 2. The maximum Gasteiger partial charge on any atom is 0.526 e. The third kappa shape index (κ3) is 2.73. The first-order valence-corrected chi connectivity index (χ1v) is 4.99. The summed E-state index contributed by atoms with van der Waals surface area (Å²) in [5.41, 5.74) is 7.95. The van der Waals surface area contributed by atoms with Crippen molar-refractivity contribution in [3.8, 4) is 0 Å². The van der Waals surface area contributed by atoms with Crippen molar-refractivity contribution < 1.29 is 5.41 Å². The van der Waals surface area contributed by atoms with Crippen LogP contribution in [0.5, 0.6) is 0 Å². The zero-order valence-electron chi connectivity index (χ0n) is 9.86. The second-order valence-corrected chi connectivity index (χ2v) is 3.74. The van der Waals surface area contributed by atoms with Gasteiger partial charge in [-0.3, -0.25) is 11.1 Å². The van der Waals surface area contributed by atoms with Gasteiger partial charge in [0.2, 0.25) is 0 Å². The van der Waals surface area contributed by atoms with E-state index in [9.17, 15) is 0 Å². The fourth-order valence-corrected chi connectivity index (χ4v) is 1.64. The molecule has 0 aromatic carbocycles. The maximum absolute atomic E-state index is 6.93. The van der Waals surface area contributed by atoms with E-state index in [2.05, 4.69) is 9.69 Å². The molecular formula is C12H14N5+. The Balaban J connectivity index is 3.16. The van der Waals surface area contributed by atoms with Crippen LogP contribution in [0.1, 0.15) is 13.8 Å². The van der Waals surface area contributed by atoms with Crippen LogP contribution in [0.25, 0.3) is 9.69 Å². The SMILES string of the molecule is [C-]#[N+]C([N+]#[C-])=C1C=C(C)N(CC(N)=[NH2+])C(C)=C1. The highest BCUT2D eigenvalue weighted by atomic mass is 15.2. The van der Waals surface area contributed by atoms with Crippen LogP contribution in [0.4, 0.5) is 0 Å². The van der Waals surface area contributed by atoms with Crippen molar-refractivity contribution in [2.24, 2.45) is 5.73 Å². The second-order valence-electron chi connectivity index (χ2n) is 3.74. The summed E-state index contributed by atoms with van der Waals surface area (Å²) in [6.45, 7) is 18.1. The molecule has 0 amide bonds. The van der Waals surface area contributed by atoms with Gasteiger partial charge in [0.25, 0.3) is 5.84 Å². The lowest BCUT2D eigenvalue weighted by molar-refractivity contribution is -0.118. The summed E-state index contributed by atoms with van der Waals surface area (Å²) < 4.78 is 0. The van der Waals surface area contributed by atoms with E-state index in [-0.39, 0.29) is 5.82 Å².